The van der Waals surface area contributed by atoms with Gasteiger partial charge in [-0.2, -0.15) is 0 Å². The van der Waals surface area contributed by atoms with Crippen molar-refractivity contribution in [3.63, 3.8) is 0 Å². The van der Waals surface area contributed by atoms with Gasteiger partial charge in [0.1, 0.15) is 17.7 Å². The Morgan fingerprint density at radius 3 is 2.67 bits per heavy atom. The highest BCUT2D eigenvalue weighted by Gasteiger charge is 2.53. The molecule has 6 atom stereocenters. The zero-order chi connectivity index (χ0) is 23.2. The number of carbonyl (C=O) groups is 1. The van der Waals surface area contributed by atoms with Crippen molar-refractivity contribution < 1.29 is 27.8 Å². The first kappa shape index (κ1) is 20.6. The molecular formula is C23H22F3N3O4. The van der Waals surface area contributed by atoms with E-state index in [1.807, 2.05) is 6.08 Å². The largest absolute Gasteiger partial charge is 0.511 e. The molecule has 174 valence electrons. The zero-order valence-electron chi connectivity index (χ0n) is 17.5. The van der Waals surface area contributed by atoms with Crippen LogP contribution in [0.5, 0.6) is 5.75 Å². The number of allylic oxidation sites excluding steroid dienone is 1. The highest BCUT2D eigenvalue weighted by molar-refractivity contribution is 5.86. The van der Waals surface area contributed by atoms with Crippen LogP contribution < -0.4 is 20.8 Å². The van der Waals surface area contributed by atoms with Crippen LogP contribution in [-0.2, 0) is 0 Å². The van der Waals surface area contributed by atoms with Gasteiger partial charge in [0.25, 0.3) is 0 Å². The molecule has 4 unspecified atom stereocenters. The average molecular weight is 461 g/mol. The summed E-state index contributed by atoms with van der Waals surface area (Å²) in [7, 11) is 0. The molecule has 1 aromatic carbocycles. The lowest BCUT2D eigenvalue weighted by Crippen LogP contribution is -2.55. The summed E-state index contributed by atoms with van der Waals surface area (Å²) < 4.78 is 50.9. The second kappa shape index (κ2) is 6.75. The summed E-state index contributed by atoms with van der Waals surface area (Å²) in [5, 5.41) is 8.52. The molecule has 3 fully saturated rings. The number of nitrogens with two attached hydrogens (primary N) is 1. The number of pyridine rings is 1. The quantitative estimate of drug-likeness (QED) is 0.538. The number of anilines is 1. The van der Waals surface area contributed by atoms with E-state index in [4.69, 9.17) is 10.8 Å². The number of hydrogen-bond donors (Lipinski definition) is 2. The van der Waals surface area contributed by atoms with Gasteiger partial charge >= 0.3 is 6.16 Å². The number of aromatic nitrogens is 1. The molecule has 0 radical (unpaired) electrons. The van der Waals surface area contributed by atoms with Gasteiger partial charge in [0, 0.05) is 31.0 Å². The van der Waals surface area contributed by atoms with Crippen molar-refractivity contribution in [2.45, 2.75) is 37.0 Å². The van der Waals surface area contributed by atoms with E-state index in [-0.39, 0.29) is 34.8 Å². The van der Waals surface area contributed by atoms with E-state index in [1.165, 1.54) is 0 Å². The average Bonchev–Trinajstić information content (AvgIpc) is 3.29. The van der Waals surface area contributed by atoms with E-state index >= 15 is 8.78 Å². The monoisotopic (exact) mass is 461 g/mol. The van der Waals surface area contributed by atoms with Gasteiger partial charge in [0.2, 0.25) is 5.43 Å². The summed E-state index contributed by atoms with van der Waals surface area (Å²) >= 11 is 0. The Kier molecular flexibility index (Phi) is 4.21. The number of hydrogen-bond acceptors (Lipinski definition) is 5. The number of fused-ring (bicyclic) bond motifs is 2. The SMILES string of the molecule is NC12C=CC(CC1)C1CN(c3c(F)cc4c(=O)c(OC(=O)O)cn([C@@H]5C[C@@H]5F)c4c3F)CC12. The van der Waals surface area contributed by atoms with Crippen molar-refractivity contribution >= 4 is 22.7 Å². The number of rotatable bonds is 3. The molecule has 1 aromatic heterocycles. The van der Waals surface area contributed by atoms with Gasteiger partial charge in [-0.15, -0.1) is 0 Å². The summed E-state index contributed by atoms with van der Waals surface area (Å²) in [6.07, 6.45) is 3.95. The summed E-state index contributed by atoms with van der Waals surface area (Å²) in [4.78, 5) is 25.4. The van der Waals surface area contributed by atoms with E-state index in [2.05, 4.69) is 10.8 Å². The summed E-state index contributed by atoms with van der Waals surface area (Å²) in [5.74, 6) is -1.98. The van der Waals surface area contributed by atoms with Crippen LogP contribution in [0.15, 0.2) is 29.2 Å². The smallest absolute Gasteiger partial charge is 0.449 e. The number of carboxylic acid groups (broad SMARTS) is 1. The molecule has 2 heterocycles. The van der Waals surface area contributed by atoms with Crippen molar-refractivity contribution in [2.75, 3.05) is 18.0 Å². The third kappa shape index (κ3) is 2.92. The molecule has 10 heteroatoms. The minimum absolute atomic E-state index is 0.0583. The van der Waals surface area contributed by atoms with Crippen LogP contribution in [0.4, 0.5) is 23.7 Å². The van der Waals surface area contributed by atoms with Crippen LogP contribution in [0.2, 0.25) is 0 Å². The Hall–Kier alpha value is -3.01. The van der Waals surface area contributed by atoms with Gasteiger partial charge < -0.3 is 25.0 Å². The third-order valence-corrected chi connectivity index (χ3v) is 7.87. The van der Waals surface area contributed by atoms with Gasteiger partial charge in [0.15, 0.2) is 11.6 Å². The molecule has 33 heavy (non-hydrogen) atoms. The van der Waals surface area contributed by atoms with Crippen LogP contribution >= 0.6 is 0 Å². The molecule has 5 aliphatic rings. The van der Waals surface area contributed by atoms with E-state index in [0.717, 1.165) is 29.7 Å². The Morgan fingerprint density at radius 2 is 2.06 bits per heavy atom. The van der Waals surface area contributed by atoms with E-state index in [1.54, 1.807) is 4.90 Å². The second-order valence-electron chi connectivity index (χ2n) is 9.68. The van der Waals surface area contributed by atoms with Gasteiger partial charge in [0.05, 0.1) is 23.1 Å². The van der Waals surface area contributed by atoms with E-state index < -0.39 is 46.7 Å². The molecular weight excluding hydrogens is 439 g/mol. The van der Waals surface area contributed by atoms with Crippen molar-refractivity contribution in [1.82, 2.24) is 4.57 Å². The first-order valence-electron chi connectivity index (χ1n) is 11.0. The molecule has 0 spiro atoms. The second-order valence-corrected chi connectivity index (χ2v) is 9.68. The lowest BCUT2D eigenvalue weighted by Gasteiger charge is -2.47. The minimum Gasteiger partial charge on any atom is -0.449 e. The van der Waals surface area contributed by atoms with Crippen LogP contribution in [-0.4, -0.2) is 40.6 Å². The van der Waals surface area contributed by atoms with E-state index in [0.29, 0.717) is 19.0 Å². The minimum atomic E-state index is -1.75. The maximum atomic E-state index is 15.9. The summed E-state index contributed by atoms with van der Waals surface area (Å²) in [5.41, 5.74) is 4.61. The predicted octanol–water partition coefficient (Wildman–Crippen LogP) is 3.35. The van der Waals surface area contributed by atoms with Crippen molar-refractivity contribution in [1.29, 1.82) is 0 Å². The van der Waals surface area contributed by atoms with E-state index in [9.17, 15) is 14.0 Å². The topological polar surface area (TPSA) is 97.8 Å². The van der Waals surface area contributed by atoms with Gasteiger partial charge in [-0.1, -0.05) is 12.2 Å². The Morgan fingerprint density at radius 1 is 1.30 bits per heavy atom. The molecule has 7 nitrogen and oxygen atoms in total. The molecule has 1 aliphatic heterocycles. The lowest BCUT2D eigenvalue weighted by atomic mass is 9.60. The number of halogens is 3. The fourth-order valence-electron chi connectivity index (χ4n) is 6.14. The number of alkyl halides is 1. The van der Waals surface area contributed by atoms with Gasteiger partial charge in [-0.3, -0.25) is 4.79 Å². The fraction of sp³-hybridized carbons (Fsp3) is 0.478. The van der Waals surface area contributed by atoms with Crippen LogP contribution in [0.25, 0.3) is 10.9 Å². The highest BCUT2D eigenvalue weighted by atomic mass is 19.1. The first-order valence-corrected chi connectivity index (χ1v) is 11.0. The predicted molar refractivity (Wildman–Crippen MR) is 113 cm³/mol. The third-order valence-electron chi connectivity index (χ3n) is 7.87. The van der Waals surface area contributed by atoms with Gasteiger partial charge in [-0.25, -0.2) is 18.0 Å². The molecule has 4 aliphatic carbocycles. The van der Waals surface area contributed by atoms with Crippen LogP contribution in [0.3, 0.4) is 0 Å². The number of benzene rings is 1. The Labute approximate surface area is 186 Å². The van der Waals surface area contributed by atoms with Crippen molar-refractivity contribution in [2.24, 2.45) is 23.5 Å². The first-order chi connectivity index (χ1) is 15.7. The Bertz CT molecular complexity index is 1290. The van der Waals surface area contributed by atoms with Crippen LogP contribution in [0, 0.1) is 29.4 Å². The summed E-state index contributed by atoms with van der Waals surface area (Å²) in [6, 6.07) is 0.106. The summed E-state index contributed by atoms with van der Waals surface area (Å²) in [6.45, 7) is 0.804. The molecule has 2 bridgehead atoms. The van der Waals surface area contributed by atoms with Crippen LogP contribution in [0.1, 0.15) is 25.3 Å². The molecule has 0 amide bonds. The normalized spacial score (nSPS) is 34.1. The van der Waals surface area contributed by atoms with Crippen molar-refractivity contribution in [3.05, 3.63) is 46.3 Å². The molecule has 3 N–H and O–H groups in total. The maximum absolute atomic E-state index is 15.9. The zero-order valence-corrected chi connectivity index (χ0v) is 17.5. The molecule has 1 saturated heterocycles. The molecule has 2 saturated carbocycles. The standard InChI is InChI=1S/C23H22F3N3O4/c24-14-6-16(14)29-9-17(33-22(31)32)21(30)11-5-15(25)20(18(26)19(11)29)28-7-12-10-1-3-23(27,4-2-10)13(12)8-28/h1,3,5,9-10,12-14,16H,2,4,6-8,27H2,(H,31,32)/t10?,12?,13?,14-,16+,23?/m0/s1. The Balaban J connectivity index is 1.49. The maximum Gasteiger partial charge on any atom is 0.511 e. The molecule has 7 rings (SSSR count). The number of ether oxygens (including phenoxy) is 1. The fourth-order valence-corrected chi connectivity index (χ4v) is 6.14. The van der Waals surface area contributed by atoms with Gasteiger partial charge in [-0.05, 0) is 30.7 Å². The highest BCUT2D eigenvalue weighted by Crippen LogP contribution is 2.51. The number of nitrogens with zero attached hydrogens (tertiary/aromatic N) is 2. The lowest BCUT2D eigenvalue weighted by molar-refractivity contribution is 0.139. The molecule has 2 aromatic rings. The van der Waals surface area contributed by atoms with Crippen molar-refractivity contribution in [3.8, 4) is 5.75 Å².